The third kappa shape index (κ3) is 2.39. The Kier molecular flexibility index (Phi) is 3.29. The van der Waals surface area contributed by atoms with Gasteiger partial charge in [-0.15, -0.1) is 0 Å². The van der Waals surface area contributed by atoms with Gasteiger partial charge in [0, 0.05) is 11.5 Å². The molecule has 2 aromatic rings. The number of hydrogen-bond acceptors (Lipinski definition) is 3. The summed E-state index contributed by atoms with van der Waals surface area (Å²) >= 11 is 0. The van der Waals surface area contributed by atoms with Crippen LogP contribution in [0.15, 0.2) is 28.7 Å². The van der Waals surface area contributed by atoms with E-state index in [-0.39, 0.29) is 0 Å². The molecule has 0 fully saturated rings. The fourth-order valence-corrected chi connectivity index (χ4v) is 1.86. The Morgan fingerprint density at radius 1 is 1.35 bits per heavy atom. The van der Waals surface area contributed by atoms with Gasteiger partial charge in [0.1, 0.15) is 11.5 Å². The molecule has 2 N–H and O–H groups in total. The summed E-state index contributed by atoms with van der Waals surface area (Å²) in [5, 5.41) is 0. The van der Waals surface area contributed by atoms with Gasteiger partial charge in [-0.2, -0.15) is 0 Å². The van der Waals surface area contributed by atoms with Gasteiger partial charge >= 0.3 is 0 Å². The standard InChI is InChI=1S/C14H18N2O/c1-9(2)14-13(16-12(8-15)17-14)11-6-4-5-10(3)7-11/h4-7,9H,8,15H2,1-3H3. The quantitative estimate of drug-likeness (QED) is 0.880. The van der Waals surface area contributed by atoms with Crippen molar-refractivity contribution in [3.63, 3.8) is 0 Å². The van der Waals surface area contributed by atoms with Gasteiger partial charge in [-0.3, -0.25) is 0 Å². The molecule has 0 spiro atoms. The molecule has 17 heavy (non-hydrogen) atoms. The van der Waals surface area contributed by atoms with E-state index in [2.05, 4.69) is 44.0 Å². The van der Waals surface area contributed by atoms with Gasteiger partial charge in [-0.25, -0.2) is 4.98 Å². The summed E-state index contributed by atoms with van der Waals surface area (Å²) in [4.78, 5) is 4.47. The molecule has 0 bridgehead atoms. The van der Waals surface area contributed by atoms with Crippen LogP contribution in [-0.4, -0.2) is 4.98 Å². The summed E-state index contributed by atoms with van der Waals surface area (Å²) in [6.07, 6.45) is 0. The predicted molar refractivity (Wildman–Crippen MR) is 68.7 cm³/mol. The van der Waals surface area contributed by atoms with E-state index in [0.717, 1.165) is 17.0 Å². The van der Waals surface area contributed by atoms with Crippen molar-refractivity contribution in [2.24, 2.45) is 5.73 Å². The zero-order chi connectivity index (χ0) is 12.4. The van der Waals surface area contributed by atoms with E-state index >= 15 is 0 Å². The smallest absolute Gasteiger partial charge is 0.208 e. The van der Waals surface area contributed by atoms with Gasteiger partial charge < -0.3 is 10.2 Å². The maximum Gasteiger partial charge on any atom is 0.208 e. The Hall–Kier alpha value is -1.61. The number of aryl methyl sites for hydroxylation is 1. The molecule has 3 heteroatoms. The lowest BCUT2D eigenvalue weighted by molar-refractivity contribution is 0.441. The molecule has 0 unspecified atom stereocenters. The summed E-state index contributed by atoms with van der Waals surface area (Å²) in [6, 6.07) is 8.27. The minimum absolute atomic E-state index is 0.304. The first-order chi connectivity index (χ1) is 8.11. The SMILES string of the molecule is Cc1cccc(-c2nc(CN)oc2C(C)C)c1. The van der Waals surface area contributed by atoms with E-state index in [1.165, 1.54) is 5.56 Å². The second-order valence-corrected chi connectivity index (χ2v) is 4.55. The zero-order valence-electron chi connectivity index (χ0n) is 10.5. The van der Waals surface area contributed by atoms with Crippen LogP contribution < -0.4 is 5.73 Å². The molecule has 3 nitrogen and oxygen atoms in total. The monoisotopic (exact) mass is 230 g/mol. The Balaban J connectivity index is 2.53. The van der Waals surface area contributed by atoms with Crippen LogP contribution in [0.1, 0.15) is 37.0 Å². The number of aromatic nitrogens is 1. The highest BCUT2D eigenvalue weighted by Gasteiger charge is 2.16. The Bertz CT molecular complexity index is 515. The van der Waals surface area contributed by atoms with E-state index < -0.39 is 0 Å². The van der Waals surface area contributed by atoms with E-state index in [0.29, 0.717) is 18.4 Å². The maximum atomic E-state index is 5.68. The van der Waals surface area contributed by atoms with Crippen LogP contribution >= 0.6 is 0 Å². The van der Waals surface area contributed by atoms with Crippen molar-refractivity contribution in [3.05, 3.63) is 41.5 Å². The second-order valence-electron chi connectivity index (χ2n) is 4.55. The minimum atomic E-state index is 0.304. The van der Waals surface area contributed by atoms with Crippen LogP contribution in [0.5, 0.6) is 0 Å². The third-order valence-electron chi connectivity index (χ3n) is 2.69. The van der Waals surface area contributed by atoms with Crippen LogP contribution in [0.25, 0.3) is 11.3 Å². The Morgan fingerprint density at radius 2 is 2.12 bits per heavy atom. The van der Waals surface area contributed by atoms with Crippen molar-refractivity contribution in [2.45, 2.75) is 33.2 Å². The third-order valence-corrected chi connectivity index (χ3v) is 2.69. The molecule has 1 aromatic heterocycles. The Morgan fingerprint density at radius 3 is 2.71 bits per heavy atom. The van der Waals surface area contributed by atoms with E-state index in [4.69, 9.17) is 10.2 Å². The van der Waals surface area contributed by atoms with Crippen molar-refractivity contribution >= 4 is 0 Å². The molecular weight excluding hydrogens is 212 g/mol. The fourth-order valence-electron chi connectivity index (χ4n) is 1.86. The van der Waals surface area contributed by atoms with Crippen LogP contribution in [0.4, 0.5) is 0 Å². The number of hydrogen-bond donors (Lipinski definition) is 1. The topological polar surface area (TPSA) is 52.0 Å². The lowest BCUT2D eigenvalue weighted by atomic mass is 10.0. The summed E-state index contributed by atoms with van der Waals surface area (Å²) in [7, 11) is 0. The molecule has 0 saturated carbocycles. The minimum Gasteiger partial charge on any atom is -0.443 e. The van der Waals surface area contributed by atoms with Crippen molar-refractivity contribution < 1.29 is 4.42 Å². The number of nitrogens with zero attached hydrogens (tertiary/aromatic N) is 1. The van der Waals surface area contributed by atoms with Crippen LogP contribution in [-0.2, 0) is 6.54 Å². The highest BCUT2D eigenvalue weighted by atomic mass is 16.4. The average Bonchev–Trinajstić information content (AvgIpc) is 2.73. The van der Waals surface area contributed by atoms with Crippen LogP contribution in [0.2, 0.25) is 0 Å². The van der Waals surface area contributed by atoms with E-state index in [9.17, 15) is 0 Å². The molecule has 0 atom stereocenters. The normalized spacial score (nSPS) is 11.1. The van der Waals surface area contributed by atoms with Gasteiger partial charge in [0.15, 0.2) is 0 Å². The molecule has 0 aliphatic heterocycles. The lowest BCUT2D eigenvalue weighted by Crippen LogP contribution is -1.95. The van der Waals surface area contributed by atoms with Gasteiger partial charge in [0.2, 0.25) is 5.89 Å². The fraction of sp³-hybridized carbons (Fsp3) is 0.357. The highest BCUT2D eigenvalue weighted by Crippen LogP contribution is 2.29. The van der Waals surface area contributed by atoms with Gasteiger partial charge in [-0.05, 0) is 13.0 Å². The van der Waals surface area contributed by atoms with E-state index in [1.807, 2.05) is 6.07 Å². The largest absolute Gasteiger partial charge is 0.443 e. The van der Waals surface area contributed by atoms with Crippen LogP contribution in [0, 0.1) is 6.92 Å². The molecule has 0 aliphatic carbocycles. The Labute approximate surface area is 102 Å². The number of oxazole rings is 1. The summed E-state index contributed by atoms with van der Waals surface area (Å²) in [6.45, 7) is 6.61. The molecule has 0 radical (unpaired) electrons. The number of nitrogens with two attached hydrogens (primary N) is 1. The second kappa shape index (κ2) is 4.72. The molecule has 1 heterocycles. The first kappa shape index (κ1) is 11.9. The maximum absolute atomic E-state index is 5.68. The van der Waals surface area contributed by atoms with Gasteiger partial charge in [-0.1, -0.05) is 37.6 Å². The van der Waals surface area contributed by atoms with Gasteiger partial charge in [0.05, 0.1) is 6.54 Å². The molecule has 0 aliphatic rings. The zero-order valence-corrected chi connectivity index (χ0v) is 10.5. The predicted octanol–water partition coefficient (Wildman–Crippen LogP) is 3.23. The molecule has 1 aromatic carbocycles. The molecule has 90 valence electrons. The van der Waals surface area contributed by atoms with E-state index in [1.54, 1.807) is 0 Å². The first-order valence-corrected chi connectivity index (χ1v) is 5.88. The molecule has 0 saturated heterocycles. The van der Waals surface area contributed by atoms with Crippen molar-refractivity contribution in [1.29, 1.82) is 0 Å². The summed E-state index contributed by atoms with van der Waals surface area (Å²) < 4.78 is 5.68. The number of benzene rings is 1. The number of rotatable bonds is 3. The average molecular weight is 230 g/mol. The lowest BCUT2D eigenvalue weighted by Gasteiger charge is -2.04. The first-order valence-electron chi connectivity index (χ1n) is 5.88. The van der Waals surface area contributed by atoms with Crippen molar-refractivity contribution in [2.75, 3.05) is 0 Å². The van der Waals surface area contributed by atoms with Gasteiger partial charge in [0.25, 0.3) is 0 Å². The summed E-state index contributed by atoms with van der Waals surface area (Å²) in [5.74, 6) is 1.82. The molecular formula is C14H18N2O. The molecule has 2 rings (SSSR count). The highest BCUT2D eigenvalue weighted by molar-refractivity contribution is 5.62. The van der Waals surface area contributed by atoms with Crippen molar-refractivity contribution in [3.8, 4) is 11.3 Å². The van der Waals surface area contributed by atoms with Crippen molar-refractivity contribution in [1.82, 2.24) is 4.98 Å². The molecule has 0 amide bonds. The van der Waals surface area contributed by atoms with Crippen LogP contribution in [0.3, 0.4) is 0 Å². The summed E-state index contributed by atoms with van der Waals surface area (Å²) in [5.41, 5.74) is 8.82.